The molecule has 34 heavy (non-hydrogen) atoms. The highest BCUT2D eigenvalue weighted by molar-refractivity contribution is 6.06. The molecule has 2 aliphatic rings. The number of fused-ring (bicyclic) bond motifs is 3. The second-order valence-corrected chi connectivity index (χ2v) is 8.55. The third-order valence-corrected chi connectivity index (χ3v) is 6.16. The van der Waals surface area contributed by atoms with Crippen molar-refractivity contribution >= 4 is 23.1 Å². The Morgan fingerprint density at radius 3 is 2.76 bits per heavy atom. The number of benzene rings is 1. The number of hydrogen-bond donors (Lipinski definition) is 3. The van der Waals surface area contributed by atoms with E-state index in [1.807, 2.05) is 36.7 Å². The molecule has 1 aliphatic heterocycles. The summed E-state index contributed by atoms with van der Waals surface area (Å²) >= 11 is 0. The standard InChI is InChI=1S/C24H20FN5O.C2H7N/c25-15-9-10-30-20(13-26-22(30)11-15)16-6-7-19(23-17(16)12-27-24(23)31)29-21-8-5-14-3-1-2-4-18(14)28-21;1-3-2/h5-11,13H,1-4,12H2,(H,27,31)(H,28,29);3H,1-2H3. The number of aryl methyl sites for hydroxylation is 2. The van der Waals surface area contributed by atoms with Gasteiger partial charge in [0.25, 0.3) is 5.91 Å². The summed E-state index contributed by atoms with van der Waals surface area (Å²) in [6.45, 7) is 0.436. The molecule has 8 heteroatoms. The molecule has 0 spiro atoms. The zero-order valence-corrected chi connectivity index (χ0v) is 19.3. The van der Waals surface area contributed by atoms with Crippen LogP contribution in [0.2, 0.25) is 0 Å². The SMILES string of the molecule is CNC.O=C1NCc2c(-c3cnc4cc(F)ccn34)ccc(Nc3ccc4c(n3)CCCC4)c21. The third-order valence-electron chi connectivity index (χ3n) is 6.16. The van der Waals surface area contributed by atoms with E-state index < -0.39 is 0 Å². The van der Waals surface area contributed by atoms with Gasteiger partial charge in [-0.15, -0.1) is 0 Å². The first kappa shape index (κ1) is 22.0. The first-order chi connectivity index (χ1) is 16.6. The maximum absolute atomic E-state index is 13.6. The fourth-order valence-electron chi connectivity index (χ4n) is 4.64. The van der Waals surface area contributed by atoms with Gasteiger partial charge in [-0.05, 0) is 69.1 Å². The summed E-state index contributed by atoms with van der Waals surface area (Å²) in [5.41, 5.74) is 6.97. The number of hydrogen-bond acceptors (Lipinski definition) is 5. The summed E-state index contributed by atoms with van der Waals surface area (Å²) in [7, 11) is 3.75. The number of pyridine rings is 2. The van der Waals surface area contributed by atoms with E-state index in [1.54, 1.807) is 12.4 Å². The molecule has 0 radical (unpaired) electrons. The van der Waals surface area contributed by atoms with Gasteiger partial charge in [0.2, 0.25) is 0 Å². The molecule has 7 nitrogen and oxygen atoms in total. The van der Waals surface area contributed by atoms with Crippen molar-refractivity contribution in [3.63, 3.8) is 0 Å². The summed E-state index contributed by atoms with van der Waals surface area (Å²) in [6, 6.07) is 10.8. The molecule has 0 saturated carbocycles. The minimum atomic E-state index is -0.330. The zero-order chi connectivity index (χ0) is 23.7. The lowest BCUT2D eigenvalue weighted by Gasteiger charge is -2.17. The largest absolute Gasteiger partial charge is 0.348 e. The van der Waals surface area contributed by atoms with Crippen molar-refractivity contribution in [2.75, 3.05) is 19.4 Å². The van der Waals surface area contributed by atoms with Gasteiger partial charge in [-0.25, -0.2) is 14.4 Å². The maximum Gasteiger partial charge on any atom is 0.254 e. The van der Waals surface area contributed by atoms with Crippen LogP contribution < -0.4 is 16.0 Å². The van der Waals surface area contributed by atoms with Crippen molar-refractivity contribution in [2.24, 2.45) is 0 Å². The number of carbonyl (C=O) groups is 1. The molecule has 174 valence electrons. The Labute approximate surface area is 197 Å². The van der Waals surface area contributed by atoms with Crippen LogP contribution in [0.3, 0.4) is 0 Å². The quantitative estimate of drug-likeness (QED) is 0.428. The number of halogens is 1. The van der Waals surface area contributed by atoms with Crippen molar-refractivity contribution in [2.45, 2.75) is 32.2 Å². The second-order valence-electron chi connectivity index (χ2n) is 8.55. The van der Waals surface area contributed by atoms with Gasteiger partial charge < -0.3 is 16.0 Å². The van der Waals surface area contributed by atoms with E-state index in [2.05, 4.69) is 27.0 Å². The van der Waals surface area contributed by atoms with Gasteiger partial charge >= 0.3 is 0 Å². The molecule has 0 fully saturated rings. The normalized spacial score (nSPS) is 14.1. The van der Waals surface area contributed by atoms with E-state index in [9.17, 15) is 9.18 Å². The minimum absolute atomic E-state index is 0.114. The van der Waals surface area contributed by atoms with Gasteiger partial charge in [-0.3, -0.25) is 9.20 Å². The molecule has 3 N–H and O–H groups in total. The van der Waals surface area contributed by atoms with Gasteiger partial charge in [0.05, 0.1) is 23.1 Å². The molecule has 1 aliphatic carbocycles. The molecule has 0 atom stereocenters. The van der Waals surface area contributed by atoms with Crippen LogP contribution >= 0.6 is 0 Å². The van der Waals surface area contributed by atoms with Crippen molar-refractivity contribution in [1.82, 2.24) is 25.0 Å². The van der Waals surface area contributed by atoms with Gasteiger partial charge in [0.1, 0.15) is 17.3 Å². The first-order valence-corrected chi connectivity index (χ1v) is 11.5. The number of nitrogens with zero attached hydrogens (tertiary/aromatic N) is 3. The van der Waals surface area contributed by atoms with Crippen LogP contribution in [0.5, 0.6) is 0 Å². The van der Waals surface area contributed by atoms with E-state index in [0.717, 1.165) is 46.9 Å². The predicted octanol–water partition coefficient (Wildman–Crippen LogP) is 4.24. The van der Waals surface area contributed by atoms with Crippen molar-refractivity contribution < 1.29 is 9.18 Å². The van der Waals surface area contributed by atoms with Crippen LogP contribution in [0.1, 0.15) is 40.0 Å². The average Bonchev–Trinajstić information content (AvgIpc) is 3.43. The van der Waals surface area contributed by atoms with Crippen LogP contribution in [-0.4, -0.2) is 34.4 Å². The number of rotatable bonds is 3. The molecular weight excluding hydrogens is 431 g/mol. The Morgan fingerprint density at radius 2 is 1.91 bits per heavy atom. The molecule has 0 saturated heterocycles. The number of imidazole rings is 1. The summed E-state index contributed by atoms with van der Waals surface area (Å²) < 4.78 is 15.4. The molecule has 1 amide bonds. The minimum Gasteiger partial charge on any atom is -0.348 e. The van der Waals surface area contributed by atoms with Crippen LogP contribution in [0.4, 0.5) is 15.9 Å². The number of amides is 1. The van der Waals surface area contributed by atoms with Crippen LogP contribution in [0.15, 0.2) is 48.8 Å². The van der Waals surface area contributed by atoms with Gasteiger partial charge in [-0.1, -0.05) is 12.1 Å². The Morgan fingerprint density at radius 1 is 1.09 bits per heavy atom. The molecule has 0 unspecified atom stereocenters. The fraction of sp³-hybridized carbons (Fsp3) is 0.269. The van der Waals surface area contributed by atoms with E-state index in [4.69, 9.17) is 4.98 Å². The summed E-state index contributed by atoms with van der Waals surface area (Å²) in [5, 5.41) is 9.04. The Kier molecular flexibility index (Phi) is 5.98. The predicted molar refractivity (Wildman–Crippen MR) is 131 cm³/mol. The number of nitrogens with one attached hydrogen (secondary N) is 3. The topological polar surface area (TPSA) is 83.4 Å². The fourth-order valence-corrected chi connectivity index (χ4v) is 4.64. The monoisotopic (exact) mass is 458 g/mol. The molecule has 4 heterocycles. The number of aromatic nitrogens is 3. The summed E-state index contributed by atoms with van der Waals surface area (Å²) in [4.78, 5) is 21.8. The Hall–Kier alpha value is -3.78. The lowest BCUT2D eigenvalue weighted by molar-refractivity contribution is 0.0966. The van der Waals surface area contributed by atoms with Gasteiger partial charge in [0.15, 0.2) is 0 Å². The number of anilines is 2. The lowest BCUT2D eigenvalue weighted by Crippen LogP contribution is -2.14. The molecule has 1 aromatic carbocycles. The molecular formula is C26H27FN6O. The van der Waals surface area contributed by atoms with Crippen molar-refractivity contribution in [1.29, 1.82) is 0 Å². The maximum atomic E-state index is 13.6. The summed E-state index contributed by atoms with van der Waals surface area (Å²) in [6.07, 6.45) is 7.83. The van der Waals surface area contributed by atoms with E-state index in [0.29, 0.717) is 17.8 Å². The van der Waals surface area contributed by atoms with Crippen LogP contribution in [-0.2, 0) is 19.4 Å². The highest BCUT2D eigenvalue weighted by Gasteiger charge is 2.27. The molecule has 0 bridgehead atoms. The average molecular weight is 459 g/mol. The smallest absolute Gasteiger partial charge is 0.254 e. The van der Waals surface area contributed by atoms with E-state index in [-0.39, 0.29) is 11.7 Å². The van der Waals surface area contributed by atoms with Gasteiger partial charge in [0, 0.05) is 30.1 Å². The van der Waals surface area contributed by atoms with Crippen LogP contribution in [0, 0.1) is 5.82 Å². The first-order valence-electron chi connectivity index (χ1n) is 11.5. The zero-order valence-electron chi connectivity index (χ0n) is 19.3. The van der Waals surface area contributed by atoms with Crippen molar-refractivity contribution in [3.8, 4) is 11.3 Å². The molecule has 6 rings (SSSR count). The Balaban J connectivity index is 0.000000764. The van der Waals surface area contributed by atoms with Gasteiger partial charge in [-0.2, -0.15) is 0 Å². The third kappa shape index (κ3) is 4.01. The summed E-state index contributed by atoms with van der Waals surface area (Å²) in [5.74, 6) is 0.307. The highest BCUT2D eigenvalue weighted by Crippen LogP contribution is 2.35. The molecule has 3 aromatic heterocycles. The highest BCUT2D eigenvalue weighted by atomic mass is 19.1. The van der Waals surface area contributed by atoms with Crippen molar-refractivity contribution in [3.05, 3.63) is 77.0 Å². The van der Waals surface area contributed by atoms with E-state index >= 15 is 0 Å². The lowest BCUT2D eigenvalue weighted by atomic mass is 9.96. The number of carbonyl (C=O) groups excluding carboxylic acids is 1. The van der Waals surface area contributed by atoms with Crippen LogP contribution in [0.25, 0.3) is 16.9 Å². The molecule has 4 aromatic rings. The Bertz CT molecular complexity index is 1380. The second kappa shape index (κ2) is 9.23. The van der Waals surface area contributed by atoms with E-state index in [1.165, 1.54) is 30.5 Å².